The molecule has 0 aromatic carbocycles. The van der Waals surface area contributed by atoms with Crippen molar-refractivity contribution in [1.82, 2.24) is 0 Å². The summed E-state index contributed by atoms with van der Waals surface area (Å²) in [6.45, 7) is 8.98. The van der Waals surface area contributed by atoms with Crippen LogP contribution in [0.5, 0.6) is 0 Å². The van der Waals surface area contributed by atoms with Gasteiger partial charge in [-0.1, -0.05) is 118 Å². The van der Waals surface area contributed by atoms with Gasteiger partial charge in [0.05, 0.1) is 0 Å². The first kappa shape index (κ1) is 27.5. The fraction of sp³-hybridized carbons (Fsp3) is 0.962. The summed E-state index contributed by atoms with van der Waals surface area (Å²) in [6, 6.07) is 0. The Morgan fingerprint density at radius 2 is 1.11 bits per heavy atom. The fourth-order valence-corrected chi connectivity index (χ4v) is 3.80. The molecule has 1 atom stereocenters. The summed E-state index contributed by atoms with van der Waals surface area (Å²) in [7, 11) is 0. The normalized spacial score (nSPS) is 12.5. The molecular weight excluding hydrogens is 344 g/mol. The largest absolute Gasteiger partial charge is 0.462 e. The van der Waals surface area contributed by atoms with Gasteiger partial charge in [-0.15, -0.1) is 0 Å². The smallest absolute Gasteiger partial charge is 0.306 e. The Labute approximate surface area is 177 Å². The van der Waals surface area contributed by atoms with Gasteiger partial charge in [0.1, 0.15) is 6.10 Å². The highest BCUT2D eigenvalue weighted by Gasteiger charge is 2.11. The Morgan fingerprint density at radius 3 is 1.57 bits per heavy atom. The number of carbonyl (C=O) groups is 1. The molecule has 0 aromatic heterocycles. The number of rotatable bonds is 21. The second kappa shape index (κ2) is 21.2. The molecule has 0 rings (SSSR count). The molecule has 0 amide bonds. The lowest BCUT2D eigenvalue weighted by molar-refractivity contribution is -0.149. The molecule has 0 saturated carbocycles. The van der Waals surface area contributed by atoms with Gasteiger partial charge in [0.25, 0.3) is 0 Å². The van der Waals surface area contributed by atoms with Crippen LogP contribution in [0.25, 0.3) is 0 Å². The number of carbonyl (C=O) groups excluding carboxylic acids is 1. The molecule has 0 aromatic rings. The van der Waals surface area contributed by atoms with Crippen molar-refractivity contribution in [1.29, 1.82) is 0 Å². The summed E-state index contributed by atoms with van der Waals surface area (Å²) >= 11 is 0. The predicted molar refractivity (Wildman–Crippen MR) is 124 cm³/mol. The highest BCUT2D eigenvalue weighted by molar-refractivity contribution is 5.69. The van der Waals surface area contributed by atoms with Crippen molar-refractivity contribution in [3.05, 3.63) is 0 Å². The number of ether oxygens (including phenoxy) is 1. The second-order valence-electron chi connectivity index (χ2n) is 9.19. The van der Waals surface area contributed by atoms with E-state index < -0.39 is 0 Å². The van der Waals surface area contributed by atoms with E-state index in [0.29, 0.717) is 6.42 Å². The van der Waals surface area contributed by atoms with Gasteiger partial charge in [-0.2, -0.15) is 0 Å². The van der Waals surface area contributed by atoms with Crippen molar-refractivity contribution in [3.63, 3.8) is 0 Å². The zero-order valence-electron chi connectivity index (χ0n) is 19.9. The van der Waals surface area contributed by atoms with Crippen LogP contribution in [0.2, 0.25) is 0 Å². The van der Waals surface area contributed by atoms with Crippen molar-refractivity contribution in [2.75, 3.05) is 0 Å². The zero-order valence-corrected chi connectivity index (χ0v) is 19.9. The molecule has 0 fully saturated rings. The molecule has 1 unspecified atom stereocenters. The third kappa shape index (κ3) is 20.2. The van der Waals surface area contributed by atoms with Crippen LogP contribution in [-0.2, 0) is 9.53 Å². The summed E-state index contributed by atoms with van der Waals surface area (Å²) in [5.74, 6) is 0.895. The maximum absolute atomic E-state index is 12.0. The van der Waals surface area contributed by atoms with Crippen LogP contribution in [0.1, 0.15) is 150 Å². The maximum Gasteiger partial charge on any atom is 0.306 e. The van der Waals surface area contributed by atoms with Gasteiger partial charge < -0.3 is 4.74 Å². The number of unbranched alkanes of at least 4 members (excludes halogenated alkanes) is 13. The minimum Gasteiger partial charge on any atom is -0.462 e. The minimum absolute atomic E-state index is 0.0248. The average Bonchev–Trinajstić information content (AvgIpc) is 2.67. The molecule has 2 heteroatoms. The topological polar surface area (TPSA) is 26.3 Å². The molecule has 0 saturated heterocycles. The molecule has 0 aliphatic heterocycles. The predicted octanol–water partition coefficient (Wildman–Crippen LogP) is 9.01. The van der Waals surface area contributed by atoms with Crippen LogP contribution < -0.4 is 0 Å². The van der Waals surface area contributed by atoms with E-state index in [0.717, 1.165) is 25.2 Å². The lowest BCUT2D eigenvalue weighted by Gasteiger charge is -2.16. The highest BCUT2D eigenvalue weighted by atomic mass is 16.5. The van der Waals surface area contributed by atoms with Crippen molar-refractivity contribution < 1.29 is 9.53 Å². The molecule has 0 aliphatic rings. The van der Waals surface area contributed by atoms with E-state index in [2.05, 4.69) is 27.7 Å². The first-order valence-electron chi connectivity index (χ1n) is 12.8. The van der Waals surface area contributed by atoms with Crippen LogP contribution >= 0.6 is 0 Å². The van der Waals surface area contributed by atoms with E-state index in [9.17, 15) is 4.79 Å². The van der Waals surface area contributed by atoms with Crippen molar-refractivity contribution >= 4 is 5.97 Å². The first-order chi connectivity index (χ1) is 13.6. The summed E-state index contributed by atoms with van der Waals surface area (Å²) in [5.41, 5.74) is 0. The standard InChI is InChI=1S/C26H52O2/c1-5-7-18-22-25(6-2)28-26(27)23-20-17-15-13-11-9-8-10-12-14-16-19-21-24(3)4/h24-25H,5-23H2,1-4H3. The van der Waals surface area contributed by atoms with Crippen molar-refractivity contribution in [3.8, 4) is 0 Å². The third-order valence-corrected chi connectivity index (χ3v) is 5.80. The van der Waals surface area contributed by atoms with E-state index in [1.165, 1.54) is 96.3 Å². The SMILES string of the molecule is CCCCCC(CC)OC(=O)CCCCCCCCCCCCCCC(C)C. The molecule has 0 bridgehead atoms. The average molecular weight is 397 g/mol. The monoisotopic (exact) mass is 396 g/mol. The summed E-state index contributed by atoms with van der Waals surface area (Å²) in [4.78, 5) is 12.0. The van der Waals surface area contributed by atoms with E-state index >= 15 is 0 Å². The molecular formula is C26H52O2. The van der Waals surface area contributed by atoms with Gasteiger partial charge >= 0.3 is 5.97 Å². The van der Waals surface area contributed by atoms with Gasteiger partial charge in [-0.25, -0.2) is 0 Å². The van der Waals surface area contributed by atoms with E-state index in [1.54, 1.807) is 0 Å². The van der Waals surface area contributed by atoms with Gasteiger partial charge in [0.15, 0.2) is 0 Å². The first-order valence-corrected chi connectivity index (χ1v) is 12.8. The molecule has 0 heterocycles. The lowest BCUT2D eigenvalue weighted by Crippen LogP contribution is -2.17. The minimum atomic E-state index is 0.0248. The summed E-state index contributed by atoms with van der Waals surface area (Å²) < 4.78 is 5.63. The van der Waals surface area contributed by atoms with Crippen molar-refractivity contribution in [2.24, 2.45) is 5.92 Å². The Morgan fingerprint density at radius 1 is 0.643 bits per heavy atom. The van der Waals surface area contributed by atoms with E-state index in [4.69, 9.17) is 4.74 Å². The Kier molecular flexibility index (Phi) is 20.8. The van der Waals surface area contributed by atoms with E-state index in [1.807, 2.05) is 0 Å². The lowest BCUT2D eigenvalue weighted by atomic mass is 10.0. The van der Waals surface area contributed by atoms with Gasteiger partial charge in [-0.3, -0.25) is 4.79 Å². The van der Waals surface area contributed by atoms with Crippen LogP contribution in [0, 0.1) is 5.92 Å². The number of hydrogen-bond acceptors (Lipinski definition) is 2. The maximum atomic E-state index is 12.0. The van der Waals surface area contributed by atoms with Gasteiger partial charge in [0.2, 0.25) is 0 Å². The second-order valence-corrected chi connectivity index (χ2v) is 9.19. The molecule has 0 radical (unpaired) electrons. The quantitative estimate of drug-likeness (QED) is 0.143. The zero-order chi connectivity index (χ0) is 20.9. The fourth-order valence-electron chi connectivity index (χ4n) is 3.80. The third-order valence-electron chi connectivity index (χ3n) is 5.80. The van der Waals surface area contributed by atoms with Crippen LogP contribution in [0.3, 0.4) is 0 Å². The molecule has 0 spiro atoms. The summed E-state index contributed by atoms with van der Waals surface area (Å²) in [6.07, 6.45) is 23.9. The molecule has 28 heavy (non-hydrogen) atoms. The molecule has 2 nitrogen and oxygen atoms in total. The number of hydrogen-bond donors (Lipinski definition) is 0. The van der Waals surface area contributed by atoms with Crippen LogP contribution in [-0.4, -0.2) is 12.1 Å². The molecule has 0 aliphatic carbocycles. The van der Waals surface area contributed by atoms with E-state index in [-0.39, 0.29) is 12.1 Å². The summed E-state index contributed by atoms with van der Waals surface area (Å²) in [5, 5.41) is 0. The van der Waals surface area contributed by atoms with Crippen molar-refractivity contribution in [2.45, 2.75) is 156 Å². The van der Waals surface area contributed by atoms with Gasteiger partial charge in [0, 0.05) is 6.42 Å². The highest BCUT2D eigenvalue weighted by Crippen LogP contribution is 2.15. The Bertz CT molecular complexity index is 324. The Hall–Kier alpha value is -0.530. The van der Waals surface area contributed by atoms with Gasteiger partial charge in [-0.05, 0) is 31.6 Å². The number of esters is 1. The Balaban J connectivity index is 3.32. The molecule has 0 N–H and O–H groups in total. The molecule has 168 valence electrons. The van der Waals surface area contributed by atoms with Crippen LogP contribution in [0.4, 0.5) is 0 Å². The van der Waals surface area contributed by atoms with Crippen LogP contribution in [0.15, 0.2) is 0 Å².